The average molecular weight is 250 g/mol. The van der Waals surface area contributed by atoms with E-state index in [2.05, 4.69) is 0 Å². The molecule has 0 radical (unpaired) electrons. The number of aliphatic carboxylic acids is 1. The van der Waals surface area contributed by atoms with E-state index < -0.39 is 5.97 Å². The van der Waals surface area contributed by atoms with E-state index in [1.807, 2.05) is 13.0 Å². The van der Waals surface area contributed by atoms with Crippen LogP contribution in [0.3, 0.4) is 0 Å². The fourth-order valence-electron chi connectivity index (χ4n) is 1.83. The lowest BCUT2D eigenvalue weighted by atomic mass is 9.95. The average Bonchev–Trinajstić information content (AvgIpc) is 2.28. The molecule has 4 heteroatoms. The number of ketones is 1. The number of hydrogen-bond donors (Lipinski definition) is 1. The van der Waals surface area contributed by atoms with Gasteiger partial charge in [-0.2, -0.15) is 0 Å². The van der Waals surface area contributed by atoms with Crippen LogP contribution in [0.5, 0.6) is 5.75 Å². The quantitative estimate of drug-likeness (QED) is 0.788. The van der Waals surface area contributed by atoms with E-state index in [1.165, 1.54) is 0 Å². The second-order valence-electron chi connectivity index (χ2n) is 4.51. The first-order valence-electron chi connectivity index (χ1n) is 5.83. The SMILES string of the molecule is COc1ccc(C)c(C(=O)CC(C)CC(=O)O)c1. The predicted molar refractivity (Wildman–Crippen MR) is 68.1 cm³/mol. The van der Waals surface area contributed by atoms with E-state index in [1.54, 1.807) is 26.2 Å². The Morgan fingerprint density at radius 2 is 2.00 bits per heavy atom. The van der Waals surface area contributed by atoms with Crippen molar-refractivity contribution >= 4 is 11.8 Å². The normalized spacial score (nSPS) is 11.9. The lowest BCUT2D eigenvalue weighted by Crippen LogP contribution is -2.11. The first-order chi connectivity index (χ1) is 8.43. The summed E-state index contributed by atoms with van der Waals surface area (Å²) in [5.74, 6) is -0.451. The first kappa shape index (κ1) is 14.2. The maximum absolute atomic E-state index is 12.1. The Bertz CT molecular complexity index is 451. The van der Waals surface area contributed by atoms with Gasteiger partial charge in [0.1, 0.15) is 5.75 Å². The highest BCUT2D eigenvalue weighted by Gasteiger charge is 2.16. The van der Waals surface area contributed by atoms with E-state index in [4.69, 9.17) is 9.84 Å². The van der Waals surface area contributed by atoms with Crippen LogP contribution in [0.2, 0.25) is 0 Å². The van der Waals surface area contributed by atoms with Crippen molar-refractivity contribution in [2.45, 2.75) is 26.7 Å². The number of methoxy groups -OCH3 is 1. The van der Waals surface area contributed by atoms with Gasteiger partial charge in [0, 0.05) is 18.4 Å². The molecule has 0 aliphatic heterocycles. The number of hydrogen-bond acceptors (Lipinski definition) is 3. The maximum Gasteiger partial charge on any atom is 0.303 e. The number of ether oxygens (including phenoxy) is 1. The third-order valence-corrected chi connectivity index (χ3v) is 2.80. The highest BCUT2D eigenvalue weighted by atomic mass is 16.5. The van der Waals surface area contributed by atoms with Crippen LogP contribution in [-0.4, -0.2) is 24.0 Å². The van der Waals surface area contributed by atoms with Crippen molar-refractivity contribution in [1.29, 1.82) is 0 Å². The molecular weight excluding hydrogens is 232 g/mol. The summed E-state index contributed by atoms with van der Waals surface area (Å²) in [7, 11) is 1.55. The number of aryl methyl sites for hydroxylation is 1. The minimum absolute atomic E-state index is 0.00869. The van der Waals surface area contributed by atoms with Crippen molar-refractivity contribution in [3.63, 3.8) is 0 Å². The lowest BCUT2D eigenvalue weighted by molar-refractivity contribution is -0.137. The van der Waals surface area contributed by atoms with Crippen molar-refractivity contribution < 1.29 is 19.4 Å². The van der Waals surface area contributed by atoms with Gasteiger partial charge in [0.05, 0.1) is 7.11 Å². The number of benzene rings is 1. The van der Waals surface area contributed by atoms with Crippen molar-refractivity contribution in [3.05, 3.63) is 29.3 Å². The summed E-state index contributed by atoms with van der Waals surface area (Å²) in [6.07, 6.45) is 0.245. The van der Waals surface area contributed by atoms with Crippen molar-refractivity contribution in [3.8, 4) is 5.75 Å². The molecule has 0 saturated carbocycles. The van der Waals surface area contributed by atoms with Gasteiger partial charge < -0.3 is 9.84 Å². The first-order valence-corrected chi connectivity index (χ1v) is 5.83. The fourth-order valence-corrected chi connectivity index (χ4v) is 1.83. The number of carbonyl (C=O) groups excluding carboxylic acids is 1. The van der Waals surface area contributed by atoms with Crippen LogP contribution in [0.25, 0.3) is 0 Å². The monoisotopic (exact) mass is 250 g/mol. The van der Waals surface area contributed by atoms with Crippen molar-refractivity contribution in [2.24, 2.45) is 5.92 Å². The highest BCUT2D eigenvalue weighted by molar-refractivity contribution is 5.98. The number of carboxylic acids is 1. The molecule has 1 rings (SSSR count). The Kier molecular flexibility index (Phi) is 4.89. The van der Waals surface area contributed by atoms with Crippen LogP contribution >= 0.6 is 0 Å². The second-order valence-corrected chi connectivity index (χ2v) is 4.51. The highest BCUT2D eigenvalue weighted by Crippen LogP contribution is 2.20. The Morgan fingerprint density at radius 3 is 2.56 bits per heavy atom. The molecule has 98 valence electrons. The zero-order valence-electron chi connectivity index (χ0n) is 10.9. The molecule has 1 N–H and O–H groups in total. The zero-order chi connectivity index (χ0) is 13.7. The van der Waals surface area contributed by atoms with Gasteiger partial charge in [-0.1, -0.05) is 13.0 Å². The van der Waals surface area contributed by atoms with Gasteiger partial charge in [-0.15, -0.1) is 0 Å². The number of carboxylic acid groups (broad SMARTS) is 1. The zero-order valence-corrected chi connectivity index (χ0v) is 10.9. The molecule has 0 bridgehead atoms. The minimum Gasteiger partial charge on any atom is -0.497 e. The van der Waals surface area contributed by atoms with Crippen LogP contribution in [0.15, 0.2) is 18.2 Å². The fraction of sp³-hybridized carbons (Fsp3) is 0.429. The maximum atomic E-state index is 12.1. The summed E-state index contributed by atoms with van der Waals surface area (Å²) in [5, 5.41) is 8.67. The third-order valence-electron chi connectivity index (χ3n) is 2.80. The van der Waals surface area contributed by atoms with E-state index in [9.17, 15) is 9.59 Å². The predicted octanol–water partition coefficient (Wildman–Crippen LogP) is 2.69. The Balaban J connectivity index is 2.80. The van der Waals surface area contributed by atoms with Crippen LogP contribution in [0, 0.1) is 12.8 Å². The molecule has 18 heavy (non-hydrogen) atoms. The van der Waals surface area contributed by atoms with Crippen LogP contribution in [0.4, 0.5) is 0 Å². The van der Waals surface area contributed by atoms with Gasteiger partial charge in [0.2, 0.25) is 0 Å². The molecule has 1 aromatic carbocycles. The van der Waals surface area contributed by atoms with Gasteiger partial charge in [-0.25, -0.2) is 0 Å². The van der Waals surface area contributed by atoms with Gasteiger partial charge in [0.15, 0.2) is 5.78 Å². The Labute approximate surface area is 107 Å². The van der Waals surface area contributed by atoms with Gasteiger partial charge in [0.25, 0.3) is 0 Å². The second kappa shape index (κ2) is 6.19. The minimum atomic E-state index is -0.877. The van der Waals surface area contributed by atoms with Crippen LogP contribution in [0.1, 0.15) is 35.7 Å². The molecule has 0 aromatic heterocycles. The van der Waals surface area contributed by atoms with E-state index >= 15 is 0 Å². The van der Waals surface area contributed by atoms with Crippen LogP contribution in [-0.2, 0) is 4.79 Å². The van der Waals surface area contributed by atoms with E-state index in [-0.39, 0.29) is 24.5 Å². The summed E-state index contributed by atoms with van der Waals surface area (Å²) >= 11 is 0. The molecule has 0 aliphatic rings. The van der Waals surface area contributed by atoms with E-state index in [0.29, 0.717) is 11.3 Å². The van der Waals surface area contributed by atoms with Gasteiger partial charge in [-0.05, 0) is 30.5 Å². The number of rotatable bonds is 6. The molecule has 0 fully saturated rings. The molecule has 1 atom stereocenters. The summed E-state index contributed by atoms with van der Waals surface area (Å²) in [4.78, 5) is 22.6. The van der Waals surface area contributed by atoms with Crippen LogP contribution < -0.4 is 4.74 Å². The van der Waals surface area contributed by atoms with E-state index in [0.717, 1.165) is 5.56 Å². The summed E-state index contributed by atoms with van der Waals surface area (Å²) in [5.41, 5.74) is 1.48. The Morgan fingerprint density at radius 1 is 1.33 bits per heavy atom. The molecule has 0 spiro atoms. The number of carbonyl (C=O) groups is 2. The molecule has 0 saturated heterocycles. The molecule has 1 aromatic rings. The summed E-state index contributed by atoms with van der Waals surface area (Å²) < 4.78 is 5.08. The van der Waals surface area contributed by atoms with Crippen molar-refractivity contribution in [1.82, 2.24) is 0 Å². The molecule has 0 heterocycles. The van der Waals surface area contributed by atoms with Gasteiger partial charge in [-0.3, -0.25) is 9.59 Å². The standard InChI is InChI=1S/C14H18O4/c1-9(7-14(16)17)6-13(15)12-8-11(18-3)5-4-10(12)2/h4-5,8-9H,6-7H2,1-3H3,(H,16,17). The third kappa shape index (κ3) is 3.87. The molecular formula is C14H18O4. The molecule has 1 unspecified atom stereocenters. The summed E-state index contributed by atoms with van der Waals surface area (Å²) in [6, 6.07) is 5.33. The smallest absolute Gasteiger partial charge is 0.303 e. The topological polar surface area (TPSA) is 63.6 Å². The molecule has 0 amide bonds. The molecule has 0 aliphatic carbocycles. The van der Waals surface area contributed by atoms with Crippen molar-refractivity contribution in [2.75, 3.05) is 7.11 Å². The van der Waals surface area contributed by atoms with Gasteiger partial charge >= 0.3 is 5.97 Å². The summed E-state index contributed by atoms with van der Waals surface area (Å²) in [6.45, 7) is 3.62. The largest absolute Gasteiger partial charge is 0.497 e. The number of Topliss-reactive ketones (excluding diaryl/α,β-unsaturated/α-hetero) is 1. The molecule has 4 nitrogen and oxygen atoms in total. The lowest BCUT2D eigenvalue weighted by Gasteiger charge is -2.10. The Hall–Kier alpha value is -1.84.